The molecule has 0 atom stereocenters. The molecule has 0 unspecified atom stereocenters. The van der Waals surface area contributed by atoms with Crippen LogP contribution >= 0.6 is 11.6 Å². The van der Waals surface area contributed by atoms with Crippen molar-refractivity contribution in [1.82, 2.24) is 9.38 Å². The lowest BCUT2D eigenvalue weighted by Gasteiger charge is -2.08. The van der Waals surface area contributed by atoms with E-state index in [9.17, 15) is 9.59 Å². The van der Waals surface area contributed by atoms with Gasteiger partial charge in [0.25, 0.3) is 11.5 Å². The summed E-state index contributed by atoms with van der Waals surface area (Å²) in [6.07, 6.45) is 2.96. The molecule has 28 heavy (non-hydrogen) atoms. The van der Waals surface area contributed by atoms with Gasteiger partial charge in [-0.2, -0.15) is 0 Å². The first-order chi connectivity index (χ1) is 13.6. The quantitative estimate of drug-likeness (QED) is 0.556. The fourth-order valence-electron chi connectivity index (χ4n) is 2.59. The molecule has 1 aromatic carbocycles. The maximum absolute atomic E-state index is 12.2. The molecule has 0 aliphatic rings. The van der Waals surface area contributed by atoms with Crippen molar-refractivity contribution in [3.63, 3.8) is 0 Å². The number of hydrogen-bond donors (Lipinski definition) is 1. The van der Waals surface area contributed by atoms with Gasteiger partial charge >= 0.3 is 0 Å². The van der Waals surface area contributed by atoms with Gasteiger partial charge in [0, 0.05) is 18.0 Å². The highest BCUT2D eigenvalue weighted by molar-refractivity contribution is 6.30. The molecule has 3 heterocycles. The lowest BCUT2D eigenvalue weighted by atomic mass is 10.3. The number of pyridine rings is 1. The Labute approximate surface area is 164 Å². The minimum Gasteiger partial charge on any atom is -0.487 e. The molecule has 0 radical (unpaired) electrons. The summed E-state index contributed by atoms with van der Waals surface area (Å²) in [6, 6.07) is 14.8. The molecule has 1 N–H and O–H groups in total. The summed E-state index contributed by atoms with van der Waals surface area (Å²) in [7, 11) is 0. The molecule has 0 fully saturated rings. The lowest BCUT2D eigenvalue weighted by molar-refractivity contribution is 0.0996. The molecule has 4 aromatic rings. The summed E-state index contributed by atoms with van der Waals surface area (Å²) in [5.74, 6) is 0.476. The predicted octanol–water partition coefficient (Wildman–Crippen LogP) is 3.77. The topological polar surface area (TPSA) is 85.8 Å². The summed E-state index contributed by atoms with van der Waals surface area (Å²) in [6.45, 7) is 0.131. The largest absolute Gasteiger partial charge is 0.487 e. The Kier molecular flexibility index (Phi) is 4.82. The SMILES string of the molecule is O=C(Nc1ccc(OCc2cc(=O)n3cc(Cl)ccc3n2)cc1)c1ccco1. The highest BCUT2D eigenvalue weighted by Gasteiger charge is 2.09. The van der Waals surface area contributed by atoms with Crippen LogP contribution in [0.3, 0.4) is 0 Å². The van der Waals surface area contributed by atoms with Crippen molar-refractivity contribution in [2.24, 2.45) is 0 Å². The third-order valence-corrected chi connectivity index (χ3v) is 4.14. The Morgan fingerprint density at radius 2 is 2.00 bits per heavy atom. The van der Waals surface area contributed by atoms with Gasteiger partial charge in [-0.1, -0.05) is 11.6 Å². The number of halogens is 1. The van der Waals surface area contributed by atoms with Crippen LogP contribution in [0.1, 0.15) is 16.2 Å². The number of benzene rings is 1. The van der Waals surface area contributed by atoms with Crippen LogP contribution in [0.4, 0.5) is 5.69 Å². The van der Waals surface area contributed by atoms with Crippen molar-refractivity contribution in [1.29, 1.82) is 0 Å². The lowest BCUT2D eigenvalue weighted by Crippen LogP contribution is -2.16. The van der Waals surface area contributed by atoms with E-state index in [1.807, 2.05) is 0 Å². The zero-order chi connectivity index (χ0) is 19.5. The van der Waals surface area contributed by atoms with Crippen molar-refractivity contribution in [3.8, 4) is 5.75 Å². The first kappa shape index (κ1) is 17.8. The van der Waals surface area contributed by atoms with Crippen LogP contribution in [-0.4, -0.2) is 15.3 Å². The van der Waals surface area contributed by atoms with Crippen molar-refractivity contribution < 1.29 is 13.9 Å². The number of hydrogen-bond acceptors (Lipinski definition) is 5. The van der Waals surface area contributed by atoms with Crippen LogP contribution in [0, 0.1) is 0 Å². The minimum atomic E-state index is -0.334. The van der Waals surface area contributed by atoms with Crippen molar-refractivity contribution in [2.75, 3.05) is 5.32 Å². The van der Waals surface area contributed by atoms with Crippen molar-refractivity contribution in [2.45, 2.75) is 6.61 Å². The van der Waals surface area contributed by atoms with Gasteiger partial charge in [0.1, 0.15) is 18.0 Å². The Bertz CT molecular complexity index is 1180. The molecule has 0 aliphatic heterocycles. The number of nitrogens with one attached hydrogen (secondary N) is 1. The molecule has 7 nitrogen and oxygen atoms in total. The number of furan rings is 1. The Morgan fingerprint density at radius 1 is 1.18 bits per heavy atom. The van der Waals surface area contributed by atoms with Gasteiger partial charge in [-0.05, 0) is 48.5 Å². The van der Waals surface area contributed by atoms with Gasteiger partial charge in [0.15, 0.2) is 5.76 Å². The van der Waals surface area contributed by atoms with Gasteiger partial charge < -0.3 is 14.5 Å². The number of carbonyl (C=O) groups is 1. The average molecular weight is 396 g/mol. The first-order valence-electron chi connectivity index (χ1n) is 8.34. The number of fused-ring (bicyclic) bond motifs is 1. The van der Waals surface area contributed by atoms with Gasteiger partial charge in [0.05, 0.1) is 17.0 Å². The summed E-state index contributed by atoms with van der Waals surface area (Å²) in [5.41, 5.74) is 1.36. The van der Waals surface area contributed by atoms with Crippen molar-refractivity contribution >= 4 is 28.8 Å². The fourth-order valence-corrected chi connectivity index (χ4v) is 2.75. The Morgan fingerprint density at radius 3 is 2.75 bits per heavy atom. The summed E-state index contributed by atoms with van der Waals surface area (Å²) < 4.78 is 12.1. The molecule has 0 bridgehead atoms. The summed E-state index contributed by atoms with van der Waals surface area (Å²) >= 11 is 5.90. The number of amides is 1. The van der Waals surface area contributed by atoms with E-state index in [0.717, 1.165) is 0 Å². The second kappa shape index (κ2) is 7.58. The second-order valence-corrected chi connectivity index (χ2v) is 6.34. The summed E-state index contributed by atoms with van der Waals surface area (Å²) in [4.78, 5) is 28.5. The molecule has 1 amide bonds. The van der Waals surface area contributed by atoms with E-state index in [4.69, 9.17) is 20.8 Å². The zero-order valence-corrected chi connectivity index (χ0v) is 15.2. The van der Waals surface area contributed by atoms with E-state index < -0.39 is 0 Å². The average Bonchev–Trinajstić information content (AvgIpc) is 3.23. The molecular formula is C20H14ClN3O4. The van der Waals surface area contributed by atoms with Crippen molar-refractivity contribution in [3.05, 3.63) is 93.9 Å². The van der Waals surface area contributed by atoms with Crippen LogP contribution in [-0.2, 0) is 6.61 Å². The van der Waals surface area contributed by atoms with Gasteiger partial charge in [-0.25, -0.2) is 4.98 Å². The maximum atomic E-state index is 12.2. The third-order valence-electron chi connectivity index (χ3n) is 3.92. The molecule has 0 aliphatic carbocycles. The van der Waals surface area contributed by atoms with E-state index in [1.165, 1.54) is 22.9 Å². The van der Waals surface area contributed by atoms with Gasteiger partial charge in [0.2, 0.25) is 0 Å². The number of rotatable bonds is 5. The smallest absolute Gasteiger partial charge is 0.291 e. The highest BCUT2D eigenvalue weighted by atomic mass is 35.5. The number of carbonyl (C=O) groups excluding carboxylic acids is 1. The van der Waals surface area contributed by atoms with Crippen LogP contribution < -0.4 is 15.6 Å². The van der Waals surface area contributed by atoms with E-state index >= 15 is 0 Å². The number of anilines is 1. The molecule has 4 rings (SSSR count). The fraction of sp³-hybridized carbons (Fsp3) is 0.0500. The zero-order valence-electron chi connectivity index (χ0n) is 14.5. The van der Waals surface area contributed by atoms with E-state index in [0.29, 0.717) is 27.8 Å². The molecule has 0 spiro atoms. The van der Waals surface area contributed by atoms with Crippen LogP contribution in [0.25, 0.3) is 5.65 Å². The molecule has 0 saturated carbocycles. The maximum Gasteiger partial charge on any atom is 0.291 e. The molecular weight excluding hydrogens is 382 g/mol. The Balaban J connectivity index is 1.42. The normalized spacial score (nSPS) is 10.8. The molecule has 0 saturated heterocycles. The van der Waals surface area contributed by atoms with Crippen LogP contribution in [0.5, 0.6) is 5.75 Å². The summed E-state index contributed by atoms with van der Waals surface area (Å²) in [5, 5.41) is 3.18. The molecule has 3 aromatic heterocycles. The molecule has 140 valence electrons. The monoisotopic (exact) mass is 395 g/mol. The van der Waals surface area contributed by atoms with Crippen LogP contribution in [0.2, 0.25) is 5.02 Å². The Hall–Kier alpha value is -3.58. The number of nitrogens with zero attached hydrogens (tertiary/aromatic N) is 2. The first-order valence-corrected chi connectivity index (χ1v) is 8.72. The highest BCUT2D eigenvalue weighted by Crippen LogP contribution is 2.18. The van der Waals surface area contributed by atoms with E-state index in [-0.39, 0.29) is 23.8 Å². The minimum absolute atomic E-state index is 0.131. The molecule has 8 heteroatoms. The van der Waals surface area contributed by atoms with Crippen LogP contribution in [0.15, 0.2) is 76.3 Å². The third kappa shape index (κ3) is 3.89. The van der Waals surface area contributed by atoms with E-state index in [2.05, 4.69) is 10.3 Å². The standard InChI is InChI=1S/C20H14ClN3O4/c21-13-3-8-18-22-15(10-19(25)24(18)11-13)12-28-16-6-4-14(5-7-16)23-20(26)17-2-1-9-27-17/h1-11H,12H2,(H,23,26). The second-order valence-electron chi connectivity index (χ2n) is 5.91. The van der Waals surface area contributed by atoms with E-state index in [1.54, 1.807) is 48.5 Å². The van der Waals surface area contributed by atoms with Gasteiger partial charge in [-0.15, -0.1) is 0 Å². The van der Waals surface area contributed by atoms with Gasteiger partial charge in [-0.3, -0.25) is 14.0 Å². The number of aromatic nitrogens is 2. The number of ether oxygens (including phenoxy) is 1. The predicted molar refractivity (Wildman–Crippen MR) is 104 cm³/mol.